The summed E-state index contributed by atoms with van der Waals surface area (Å²) in [6, 6.07) is 3.26. The minimum atomic E-state index is -0.568. The average molecular weight is 279 g/mol. The van der Waals surface area contributed by atoms with Crippen molar-refractivity contribution in [1.29, 1.82) is 0 Å². The van der Waals surface area contributed by atoms with Gasteiger partial charge in [-0.05, 0) is 18.6 Å². The predicted molar refractivity (Wildman–Crippen MR) is 70.3 cm³/mol. The third kappa shape index (κ3) is 2.50. The molecule has 2 N–H and O–H groups in total. The average Bonchev–Trinajstić information content (AvgIpc) is 2.81. The van der Waals surface area contributed by atoms with Gasteiger partial charge < -0.3 is 10.3 Å². The number of nitrogens with zero attached hydrogens (tertiary/aromatic N) is 4. The highest BCUT2D eigenvalue weighted by Gasteiger charge is 2.22. The molecule has 0 aliphatic carbocycles. The molecule has 0 fully saturated rings. The molecule has 0 saturated carbocycles. The van der Waals surface area contributed by atoms with Crippen molar-refractivity contribution in [1.82, 2.24) is 14.8 Å². The van der Waals surface area contributed by atoms with Crippen LogP contribution in [0.15, 0.2) is 18.2 Å². The molecule has 1 aromatic heterocycles. The molecule has 2 aromatic rings. The van der Waals surface area contributed by atoms with E-state index < -0.39 is 10.7 Å². The number of hydrogen-bond acceptors (Lipinski definition) is 5. The Labute approximate surface area is 114 Å². The van der Waals surface area contributed by atoms with E-state index in [1.807, 2.05) is 6.92 Å². The maximum absolute atomic E-state index is 13.4. The quantitative estimate of drug-likeness (QED) is 0.665. The van der Waals surface area contributed by atoms with Crippen molar-refractivity contribution in [3.8, 4) is 11.4 Å². The second-order valence-corrected chi connectivity index (χ2v) is 4.21. The molecule has 0 saturated heterocycles. The Bertz CT molecular complexity index is 641. The van der Waals surface area contributed by atoms with E-state index in [0.717, 1.165) is 24.6 Å². The normalized spacial score (nSPS) is 10.8. The van der Waals surface area contributed by atoms with Crippen molar-refractivity contribution in [2.75, 3.05) is 0 Å². The largest absolute Gasteiger partial charge is 0.324 e. The minimum Gasteiger partial charge on any atom is -0.324 e. The van der Waals surface area contributed by atoms with Gasteiger partial charge in [0, 0.05) is 12.6 Å². The Morgan fingerprint density at radius 3 is 2.80 bits per heavy atom. The molecule has 0 bridgehead atoms. The van der Waals surface area contributed by atoms with Crippen molar-refractivity contribution >= 4 is 5.69 Å². The van der Waals surface area contributed by atoms with Crippen LogP contribution < -0.4 is 5.73 Å². The van der Waals surface area contributed by atoms with Gasteiger partial charge in [0.2, 0.25) is 0 Å². The second kappa shape index (κ2) is 5.74. The van der Waals surface area contributed by atoms with Gasteiger partial charge in [-0.15, -0.1) is 10.2 Å². The molecule has 0 unspecified atom stereocenters. The monoisotopic (exact) mass is 279 g/mol. The van der Waals surface area contributed by atoms with Gasteiger partial charge >= 0.3 is 0 Å². The zero-order valence-electron chi connectivity index (χ0n) is 10.9. The highest BCUT2D eigenvalue weighted by atomic mass is 19.1. The number of nitrogens with two attached hydrogens (primary N) is 1. The second-order valence-electron chi connectivity index (χ2n) is 4.21. The molecular weight excluding hydrogens is 265 g/mol. The van der Waals surface area contributed by atoms with Crippen LogP contribution in [0.1, 0.15) is 19.2 Å². The lowest BCUT2D eigenvalue weighted by atomic mass is 10.1. The molecular formula is C12H14FN5O2. The minimum absolute atomic E-state index is 0.107. The van der Waals surface area contributed by atoms with E-state index in [2.05, 4.69) is 10.2 Å². The van der Waals surface area contributed by atoms with Crippen LogP contribution in [0.2, 0.25) is 0 Å². The van der Waals surface area contributed by atoms with E-state index in [1.54, 1.807) is 4.57 Å². The van der Waals surface area contributed by atoms with Crippen LogP contribution in [0.5, 0.6) is 0 Å². The van der Waals surface area contributed by atoms with Crippen LogP contribution in [0, 0.1) is 15.9 Å². The summed E-state index contributed by atoms with van der Waals surface area (Å²) in [5.41, 5.74) is 5.47. The molecule has 8 heteroatoms. The van der Waals surface area contributed by atoms with Crippen LogP contribution in [0.25, 0.3) is 11.4 Å². The van der Waals surface area contributed by atoms with E-state index in [0.29, 0.717) is 12.4 Å². The zero-order chi connectivity index (χ0) is 14.7. The SMILES string of the molecule is CCCn1c(CN)nnc1-c1cc(F)ccc1[N+](=O)[O-]. The van der Waals surface area contributed by atoms with Gasteiger partial charge in [-0.2, -0.15) is 0 Å². The molecule has 0 atom stereocenters. The lowest BCUT2D eigenvalue weighted by molar-refractivity contribution is -0.384. The molecule has 0 radical (unpaired) electrons. The van der Waals surface area contributed by atoms with E-state index >= 15 is 0 Å². The summed E-state index contributed by atoms with van der Waals surface area (Å²) in [5, 5.41) is 18.9. The van der Waals surface area contributed by atoms with E-state index in [-0.39, 0.29) is 23.6 Å². The van der Waals surface area contributed by atoms with Crippen molar-refractivity contribution in [2.24, 2.45) is 5.73 Å². The molecule has 7 nitrogen and oxygen atoms in total. The van der Waals surface area contributed by atoms with Crippen molar-refractivity contribution in [3.05, 3.63) is 40.0 Å². The maximum Gasteiger partial charge on any atom is 0.280 e. The summed E-state index contributed by atoms with van der Waals surface area (Å²) in [7, 11) is 0. The maximum atomic E-state index is 13.4. The molecule has 0 amide bonds. The lowest BCUT2D eigenvalue weighted by Crippen LogP contribution is -2.10. The smallest absolute Gasteiger partial charge is 0.280 e. The molecule has 0 aliphatic heterocycles. The van der Waals surface area contributed by atoms with Crippen molar-refractivity contribution in [2.45, 2.75) is 26.4 Å². The molecule has 20 heavy (non-hydrogen) atoms. The Balaban J connectivity index is 2.64. The lowest BCUT2D eigenvalue weighted by Gasteiger charge is -2.08. The van der Waals surface area contributed by atoms with Gasteiger partial charge in [0.15, 0.2) is 5.82 Å². The third-order valence-corrected chi connectivity index (χ3v) is 2.85. The summed E-state index contributed by atoms with van der Waals surface area (Å²) in [4.78, 5) is 10.5. The summed E-state index contributed by atoms with van der Waals surface area (Å²) >= 11 is 0. The fourth-order valence-electron chi connectivity index (χ4n) is 1.99. The van der Waals surface area contributed by atoms with Gasteiger partial charge in [-0.1, -0.05) is 6.92 Å². The first kappa shape index (κ1) is 14.1. The van der Waals surface area contributed by atoms with Crippen LogP contribution >= 0.6 is 0 Å². The standard InChI is InChI=1S/C12H14FN5O2/c1-2-5-17-11(7-14)15-16-12(17)9-6-8(13)3-4-10(9)18(19)20/h3-4,6H,2,5,7,14H2,1H3. The topological polar surface area (TPSA) is 99.9 Å². The van der Waals surface area contributed by atoms with Gasteiger partial charge in [0.1, 0.15) is 11.6 Å². The zero-order valence-corrected chi connectivity index (χ0v) is 10.9. The first-order valence-corrected chi connectivity index (χ1v) is 6.15. The van der Waals surface area contributed by atoms with Crippen molar-refractivity contribution in [3.63, 3.8) is 0 Å². The fourth-order valence-corrected chi connectivity index (χ4v) is 1.99. The van der Waals surface area contributed by atoms with E-state index in [4.69, 9.17) is 5.73 Å². The Morgan fingerprint density at radius 1 is 1.45 bits per heavy atom. The molecule has 2 rings (SSSR count). The molecule has 0 spiro atoms. The van der Waals surface area contributed by atoms with Gasteiger partial charge in [-0.25, -0.2) is 4.39 Å². The number of benzene rings is 1. The molecule has 0 aliphatic rings. The number of nitro benzene ring substituents is 1. The fraction of sp³-hybridized carbons (Fsp3) is 0.333. The highest BCUT2D eigenvalue weighted by Crippen LogP contribution is 2.29. The molecule has 106 valence electrons. The van der Waals surface area contributed by atoms with E-state index in [9.17, 15) is 14.5 Å². The number of halogens is 1. The molecule has 1 aromatic carbocycles. The number of hydrogen-bond donors (Lipinski definition) is 1. The summed E-state index contributed by atoms with van der Waals surface area (Å²) in [5.74, 6) is 0.213. The van der Waals surface area contributed by atoms with E-state index in [1.165, 1.54) is 0 Å². The highest BCUT2D eigenvalue weighted by molar-refractivity contribution is 5.68. The Kier molecular flexibility index (Phi) is 4.04. The summed E-state index contributed by atoms with van der Waals surface area (Å²) in [6.45, 7) is 2.67. The Hall–Kier alpha value is -2.35. The summed E-state index contributed by atoms with van der Waals surface area (Å²) in [6.07, 6.45) is 0.779. The number of aromatic nitrogens is 3. The number of nitro groups is 1. The van der Waals surface area contributed by atoms with Gasteiger partial charge in [0.25, 0.3) is 5.69 Å². The molecule has 1 heterocycles. The first-order valence-electron chi connectivity index (χ1n) is 6.15. The third-order valence-electron chi connectivity index (χ3n) is 2.85. The number of rotatable bonds is 5. The van der Waals surface area contributed by atoms with Crippen LogP contribution in [0.4, 0.5) is 10.1 Å². The first-order chi connectivity index (χ1) is 9.58. The predicted octanol–water partition coefficient (Wildman–Crippen LogP) is 1.86. The van der Waals surface area contributed by atoms with Crippen LogP contribution in [-0.2, 0) is 13.1 Å². The Morgan fingerprint density at radius 2 is 2.20 bits per heavy atom. The summed E-state index contributed by atoms with van der Waals surface area (Å²) < 4.78 is 15.1. The van der Waals surface area contributed by atoms with Gasteiger partial charge in [0.05, 0.1) is 17.0 Å². The van der Waals surface area contributed by atoms with Crippen LogP contribution in [0.3, 0.4) is 0 Å². The van der Waals surface area contributed by atoms with Crippen molar-refractivity contribution < 1.29 is 9.31 Å². The van der Waals surface area contributed by atoms with Crippen LogP contribution in [-0.4, -0.2) is 19.7 Å². The van der Waals surface area contributed by atoms with Gasteiger partial charge in [-0.3, -0.25) is 10.1 Å².